The van der Waals surface area contributed by atoms with Crippen LogP contribution in [0.2, 0.25) is 0 Å². The Morgan fingerprint density at radius 2 is 1.81 bits per heavy atom. The number of furan rings is 1. The smallest absolute Gasteiger partial charge is 0.475 e. The molecule has 1 saturated heterocycles. The highest BCUT2D eigenvalue weighted by atomic mass is 19.4. The Hall–Kier alpha value is -2.81. The zero-order valence-corrected chi connectivity index (χ0v) is 20.4. The van der Waals surface area contributed by atoms with Crippen molar-refractivity contribution in [2.24, 2.45) is 0 Å². The molecule has 2 N–H and O–H groups in total. The van der Waals surface area contributed by atoms with Crippen LogP contribution in [0.25, 0.3) is 0 Å². The monoisotopic (exact) mass is 506 g/mol. The predicted octanol–water partition coefficient (Wildman–Crippen LogP) is 5.30. The van der Waals surface area contributed by atoms with Gasteiger partial charge in [-0.3, -0.25) is 9.69 Å². The maximum absolute atomic E-state index is 12.6. The molecule has 1 amide bonds. The van der Waals surface area contributed by atoms with E-state index in [9.17, 15) is 18.0 Å². The van der Waals surface area contributed by atoms with Crippen molar-refractivity contribution in [2.75, 3.05) is 13.1 Å². The van der Waals surface area contributed by atoms with Crippen molar-refractivity contribution in [3.63, 3.8) is 0 Å². The number of carbonyl (C=O) groups is 2. The molecule has 1 aliphatic heterocycles. The Bertz CT molecular complexity index is 1070. The molecule has 0 bridgehead atoms. The Kier molecular flexibility index (Phi) is 7.78. The van der Waals surface area contributed by atoms with Crippen LogP contribution in [0.4, 0.5) is 13.2 Å². The number of amides is 1. The van der Waals surface area contributed by atoms with Gasteiger partial charge in [0.05, 0.1) is 6.54 Å². The fraction of sp³-hybridized carbons (Fsp3) is 0.556. The van der Waals surface area contributed by atoms with Crippen molar-refractivity contribution >= 4 is 11.9 Å². The second-order valence-electron chi connectivity index (χ2n) is 10.3. The Morgan fingerprint density at radius 3 is 2.36 bits per heavy atom. The SMILES string of the molecule is Cc1ccc(CN2CCC3(CC2)CC(CC(=O)NC2CCC2)c2ccccc23)o1.O=C(O)C(F)(F)F. The lowest BCUT2D eigenvalue weighted by atomic mass is 9.73. The van der Waals surface area contributed by atoms with Gasteiger partial charge in [0, 0.05) is 12.5 Å². The third-order valence-corrected chi connectivity index (χ3v) is 7.74. The zero-order valence-electron chi connectivity index (χ0n) is 20.4. The molecule has 36 heavy (non-hydrogen) atoms. The van der Waals surface area contributed by atoms with Gasteiger partial charge in [0.15, 0.2) is 0 Å². The predicted molar refractivity (Wildman–Crippen MR) is 128 cm³/mol. The Labute approximate surface area is 208 Å². The first-order chi connectivity index (χ1) is 17.1. The summed E-state index contributed by atoms with van der Waals surface area (Å²) in [6, 6.07) is 13.5. The molecule has 2 fully saturated rings. The molecule has 3 aliphatic rings. The quantitative estimate of drug-likeness (QED) is 0.575. The topological polar surface area (TPSA) is 82.8 Å². The molecule has 1 aromatic heterocycles. The van der Waals surface area contributed by atoms with Gasteiger partial charge in [-0.25, -0.2) is 4.79 Å². The molecule has 5 rings (SSSR count). The average molecular weight is 507 g/mol. The summed E-state index contributed by atoms with van der Waals surface area (Å²) in [7, 11) is 0. The number of piperidine rings is 1. The minimum Gasteiger partial charge on any atom is -0.475 e. The summed E-state index contributed by atoms with van der Waals surface area (Å²) in [5.74, 6) is -0.0905. The van der Waals surface area contributed by atoms with Gasteiger partial charge in [0.2, 0.25) is 5.91 Å². The van der Waals surface area contributed by atoms with E-state index in [-0.39, 0.29) is 11.3 Å². The maximum atomic E-state index is 12.6. The third-order valence-electron chi connectivity index (χ3n) is 7.74. The van der Waals surface area contributed by atoms with Crippen LogP contribution in [-0.4, -0.2) is 47.2 Å². The second kappa shape index (κ2) is 10.7. The molecule has 0 radical (unpaired) electrons. The second-order valence-corrected chi connectivity index (χ2v) is 10.3. The number of carboxylic acids is 1. The summed E-state index contributed by atoms with van der Waals surface area (Å²) >= 11 is 0. The largest absolute Gasteiger partial charge is 0.490 e. The highest BCUT2D eigenvalue weighted by Crippen LogP contribution is 2.52. The van der Waals surface area contributed by atoms with E-state index in [4.69, 9.17) is 14.3 Å². The van der Waals surface area contributed by atoms with E-state index in [2.05, 4.69) is 40.5 Å². The molecule has 2 aliphatic carbocycles. The van der Waals surface area contributed by atoms with E-state index in [1.165, 1.54) is 30.4 Å². The van der Waals surface area contributed by atoms with Crippen LogP contribution in [0.5, 0.6) is 0 Å². The van der Waals surface area contributed by atoms with Crippen LogP contribution < -0.4 is 5.32 Å². The fourth-order valence-electron chi connectivity index (χ4n) is 5.68. The first-order valence-electron chi connectivity index (χ1n) is 12.5. The van der Waals surface area contributed by atoms with Crippen molar-refractivity contribution in [3.8, 4) is 0 Å². The van der Waals surface area contributed by atoms with Crippen LogP contribution in [0, 0.1) is 6.92 Å². The van der Waals surface area contributed by atoms with Gasteiger partial charge >= 0.3 is 12.1 Å². The van der Waals surface area contributed by atoms with E-state index in [1.54, 1.807) is 0 Å². The number of nitrogens with zero attached hydrogens (tertiary/aromatic N) is 1. The van der Waals surface area contributed by atoms with Gasteiger partial charge in [-0.1, -0.05) is 24.3 Å². The van der Waals surface area contributed by atoms with Crippen molar-refractivity contribution in [1.29, 1.82) is 0 Å². The molecule has 1 unspecified atom stereocenters. The van der Waals surface area contributed by atoms with Gasteiger partial charge < -0.3 is 14.8 Å². The number of nitrogens with one attached hydrogen (secondary N) is 1. The van der Waals surface area contributed by atoms with Crippen LogP contribution in [0.3, 0.4) is 0 Å². The molecule has 1 saturated carbocycles. The molecular formula is C27H33F3N2O4. The van der Waals surface area contributed by atoms with Crippen LogP contribution in [0.1, 0.15) is 73.5 Å². The highest BCUT2D eigenvalue weighted by molar-refractivity contribution is 5.77. The summed E-state index contributed by atoms with van der Waals surface area (Å²) < 4.78 is 37.5. The molecular weight excluding hydrogens is 473 g/mol. The molecule has 196 valence electrons. The number of halogens is 3. The van der Waals surface area contributed by atoms with Crippen LogP contribution in [0.15, 0.2) is 40.8 Å². The Balaban J connectivity index is 0.000000384. The first kappa shape index (κ1) is 26.3. The molecule has 1 aromatic carbocycles. The van der Waals surface area contributed by atoms with Crippen LogP contribution >= 0.6 is 0 Å². The number of likely N-dealkylation sites (tertiary alicyclic amines) is 1. The van der Waals surface area contributed by atoms with E-state index in [1.807, 2.05) is 13.0 Å². The lowest BCUT2D eigenvalue weighted by Crippen LogP contribution is -2.41. The van der Waals surface area contributed by atoms with Crippen molar-refractivity contribution in [3.05, 3.63) is 59.0 Å². The standard InChI is InChI=1S/C25H32N2O2.C2HF3O2/c1-18-9-10-21(29-18)17-27-13-11-25(12-14-27)16-19(22-7-2-3-8-23(22)25)15-24(28)26-20-5-4-6-20;3-2(4,5)1(6)7/h2-3,7-10,19-20H,4-6,11-17H2,1H3,(H,26,28);(H,6,7). The van der Waals surface area contributed by atoms with Gasteiger partial charge in [-0.05, 0) is 93.1 Å². The molecule has 9 heteroatoms. The Morgan fingerprint density at radius 1 is 1.14 bits per heavy atom. The number of rotatable bonds is 5. The molecule has 6 nitrogen and oxygen atoms in total. The lowest BCUT2D eigenvalue weighted by molar-refractivity contribution is -0.192. The number of alkyl halides is 3. The van der Waals surface area contributed by atoms with Gasteiger partial charge in [0.1, 0.15) is 11.5 Å². The van der Waals surface area contributed by atoms with E-state index >= 15 is 0 Å². The summed E-state index contributed by atoms with van der Waals surface area (Å²) in [6.07, 6.45) is 2.59. The van der Waals surface area contributed by atoms with E-state index in [0.717, 1.165) is 50.4 Å². The highest BCUT2D eigenvalue weighted by Gasteiger charge is 2.45. The average Bonchev–Trinajstić information content (AvgIpc) is 3.34. The number of carbonyl (C=O) groups excluding carboxylic acids is 1. The molecule has 1 atom stereocenters. The van der Waals surface area contributed by atoms with Crippen LogP contribution in [-0.2, 0) is 21.5 Å². The van der Waals surface area contributed by atoms with Crippen molar-refractivity contribution in [2.45, 2.75) is 82.0 Å². The maximum Gasteiger partial charge on any atom is 0.490 e. The number of hydrogen-bond donors (Lipinski definition) is 2. The minimum atomic E-state index is -5.08. The first-order valence-corrected chi connectivity index (χ1v) is 12.5. The number of aryl methyl sites for hydroxylation is 1. The van der Waals surface area contributed by atoms with E-state index in [0.29, 0.717) is 18.4 Å². The van der Waals surface area contributed by atoms with Crippen molar-refractivity contribution < 1.29 is 32.3 Å². The summed E-state index contributed by atoms with van der Waals surface area (Å²) in [4.78, 5) is 24.0. The number of fused-ring (bicyclic) bond motifs is 2. The fourth-order valence-corrected chi connectivity index (χ4v) is 5.68. The number of aliphatic carboxylic acids is 1. The molecule has 1 spiro atoms. The summed E-state index contributed by atoms with van der Waals surface area (Å²) in [5, 5.41) is 10.4. The number of hydrogen-bond acceptors (Lipinski definition) is 4. The summed E-state index contributed by atoms with van der Waals surface area (Å²) in [5.41, 5.74) is 3.18. The van der Waals surface area contributed by atoms with Crippen molar-refractivity contribution in [1.82, 2.24) is 10.2 Å². The number of benzene rings is 1. The third kappa shape index (κ3) is 6.11. The molecule has 2 heterocycles. The zero-order chi connectivity index (χ0) is 25.9. The van der Waals surface area contributed by atoms with Gasteiger partial charge in [-0.2, -0.15) is 13.2 Å². The van der Waals surface area contributed by atoms with Gasteiger partial charge in [-0.15, -0.1) is 0 Å². The lowest BCUT2D eigenvalue weighted by Gasteiger charge is -2.40. The molecule has 2 aromatic rings. The van der Waals surface area contributed by atoms with E-state index < -0.39 is 12.1 Å². The normalized spacial score (nSPS) is 21.3. The van der Waals surface area contributed by atoms with Gasteiger partial charge in [0.25, 0.3) is 0 Å². The summed E-state index contributed by atoms with van der Waals surface area (Å²) in [6.45, 7) is 5.09. The minimum absolute atomic E-state index is 0.244. The number of carboxylic acid groups (broad SMARTS) is 1.